The number of ether oxygens (including phenoxy) is 1. The molecular weight excluding hydrogens is 338 g/mol. The molecule has 26 heavy (non-hydrogen) atoms. The average molecular weight is 361 g/mol. The summed E-state index contributed by atoms with van der Waals surface area (Å²) in [6.07, 6.45) is 4.01. The van der Waals surface area contributed by atoms with E-state index in [1.165, 1.54) is 25.3 Å². The smallest absolute Gasteiger partial charge is 0.330 e. The van der Waals surface area contributed by atoms with Crippen molar-refractivity contribution in [2.45, 2.75) is 19.8 Å². The summed E-state index contributed by atoms with van der Waals surface area (Å²) in [6.45, 7) is 3.65. The summed E-state index contributed by atoms with van der Waals surface area (Å²) in [5.41, 5.74) is 1.05. The van der Waals surface area contributed by atoms with Crippen LogP contribution in [0.5, 0.6) is 0 Å². The van der Waals surface area contributed by atoms with E-state index in [0.717, 1.165) is 0 Å². The van der Waals surface area contributed by atoms with E-state index in [1.54, 1.807) is 12.1 Å². The number of nitro benzene ring substituents is 1. The Hall–Kier alpha value is -2.90. The van der Waals surface area contributed by atoms with Crippen LogP contribution < -0.4 is 10.2 Å². The Labute approximate surface area is 152 Å². The number of piperidine rings is 1. The maximum Gasteiger partial charge on any atom is 0.330 e. The van der Waals surface area contributed by atoms with Crippen LogP contribution in [-0.2, 0) is 14.3 Å². The Morgan fingerprint density at radius 2 is 2.08 bits per heavy atom. The monoisotopic (exact) mass is 361 g/mol. The van der Waals surface area contributed by atoms with Crippen molar-refractivity contribution in [1.82, 2.24) is 5.32 Å². The summed E-state index contributed by atoms with van der Waals surface area (Å²) in [5, 5.41) is 14.3. The molecule has 140 valence electrons. The van der Waals surface area contributed by atoms with Crippen LogP contribution in [0.1, 0.15) is 25.3 Å². The van der Waals surface area contributed by atoms with Gasteiger partial charge in [-0.25, -0.2) is 4.79 Å². The van der Waals surface area contributed by atoms with E-state index in [9.17, 15) is 19.7 Å². The Kier molecular flexibility index (Phi) is 6.71. The van der Waals surface area contributed by atoms with Crippen LogP contribution in [0.2, 0.25) is 0 Å². The van der Waals surface area contributed by atoms with Crippen LogP contribution in [-0.4, -0.2) is 43.5 Å². The maximum absolute atomic E-state index is 11.9. The molecule has 0 radical (unpaired) electrons. The molecule has 1 aliphatic heterocycles. The standard InChI is InChI=1S/C18H23N3O5/c1-3-19-18(23)14-8-10-20(11-9-14)15-6-4-13(5-7-17(22)26-2)12-16(15)21(24)25/h4-7,12,14H,3,8-11H2,1-2H3,(H,19,23)/b7-5-. The first-order chi connectivity index (χ1) is 12.5. The Bertz CT molecular complexity index is 709. The molecule has 0 saturated carbocycles. The molecule has 0 aromatic heterocycles. The van der Waals surface area contributed by atoms with E-state index < -0.39 is 10.9 Å². The van der Waals surface area contributed by atoms with Gasteiger partial charge in [-0.2, -0.15) is 0 Å². The number of anilines is 1. The molecule has 1 amide bonds. The molecule has 1 saturated heterocycles. The first-order valence-corrected chi connectivity index (χ1v) is 8.53. The van der Waals surface area contributed by atoms with Gasteiger partial charge < -0.3 is 15.0 Å². The third-order valence-electron chi connectivity index (χ3n) is 4.37. The first-order valence-electron chi connectivity index (χ1n) is 8.53. The molecule has 1 aromatic rings. The quantitative estimate of drug-likeness (QED) is 0.360. The number of carbonyl (C=O) groups excluding carboxylic acids is 2. The minimum Gasteiger partial charge on any atom is -0.466 e. The van der Waals surface area contributed by atoms with Gasteiger partial charge in [0.2, 0.25) is 5.91 Å². The SMILES string of the molecule is CCNC(=O)C1CCN(c2ccc(/C=C\C(=O)OC)cc2[N+](=O)[O-])CC1. The molecular formula is C18H23N3O5. The number of hydrogen-bond donors (Lipinski definition) is 1. The lowest BCUT2D eigenvalue weighted by atomic mass is 9.95. The summed E-state index contributed by atoms with van der Waals surface area (Å²) in [4.78, 5) is 36.1. The molecule has 8 nitrogen and oxygen atoms in total. The van der Waals surface area contributed by atoms with Crippen LogP contribution in [0.15, 0.2) is 24.3 Å². The van der Waals surface area contributed by atoms with Crippen molar-refractivity contribution in [2.75, 3.05) is 31.6 Å². The molecule has 1 heterocycles. The summed E-state index contributed by atoms with van der Waals surface area (Å²) in [6, 6.07) is 4.84. The molecule has 1 fully saturated rings. The van der Waals surface area contributed by atoms with Crippen LogP contribution in [0.3, 0.4) is 0 Å². The van der Waals surface area contributed by atoms with E-state index in [4.69, 9.17) is 0 Å². The fourth-order valence-corrected chi connectivity index (χ4v) is 2.99. The molecule has 2 rings (SSSR count). The largest absolute Gasteiger partial charge is 0.466 e. The summed E-state index contributed by atoms with van der Waals surface area (Å²) >= 11 is 0. The molecule has 0 unspecified atom stereocenters. The van der Waals surface area contributed by atoms with Crippen molar-refractivity contribution < 1.29 is 19.2 Å². The highest BCUT2D eigenvalue weighted by Crippen LogP contribution is 2.32. The lowest BCUT2D eigenvalue weighted by Crippen LogP contribution is -2.40. The van der Waals surface area contributed by atoms with Gasteiger partial charge in [0, 0.05) is 37.7 Å². The van der Waals surface area contributed by atoms with Gasteiger partial charge in [-0.05, 0) is 37.5 Å². The summed E-state index contributed by atoms with van der Waals surface area (Å²) in [7, 11) is 1.27. The van der Waals surface area contributed by atoms with Crippen LogP contribution in [0, 0.1) is 16.0 Å². The van der Waals surface area contributed by atoms with Gasteiger partial charge in [-0.15, -0.1) is 0 Å². The fourth-order valence-electron chi connectivity index (χ4n) is 2.99. The number of rotatable bonds is 6. The summed E-state index contributed by atoms with van der Waals surface area (Å²) < 4.78 is 4.51. The number of nitrogens with zero attached hydrogens (tertiary/aromatic N) is 2. The van der Waals surface area contributed by atoms with Gasteiger partial charge in [0.15, 0.2) is 0 Å². The number of benzene rings is 1. The molecule has 0 bridgehead atoms. The Morgan fingerprint density at radius 3 is 2.65 bits per heavy atom. The maximum atomic E-state index is 11.9. The number of methoxy groups -OCH3 is 1. The van der Waals surface area contributed by atoms with E-state index in [-0.39, 0.29) is 17.5 Å². The zero-order chi connectivity index (χ0) is 19.1. The Morgan fingerprint density at radius 1 is 1.38 bits per heavy atom. The van der Waals surface area contributed by atoms with Crippen molar-refractivity contribution >= 4 is 29.3 Å². The third kappa shape index (κ3) is 4.81. The summed E-state index contributed by atoms with van der Waals surface area (Å²) in [5.74, 6) is -0.526. The minimum absolute atomic E-state index is 0.0199. The zero-order valence-electron chi connectivity index (χ0n) is 14.9. The van der Waals surface area contributed by atoms with Crippen molar-refractivity contribution in [3.63, 3.8) is 0 Å². The van der Waals surface area contributed by atoms with Gasteiger partial charge in [0.1, 0.15) is 5.69 Å². The van der Waals surface area contributed by atoms with Crippen LogP contribution >= 0.6 is 0 Å². The number of nitrogens with one attached hydrogen (secondary N) is 1. The second kappa shape index (κ2) is 8.98. The highest BCUT2D eigenvalue weighted by atomic mass is 16.6. The van der Waals surface area contributed by atoms with Gasteiger partial charge in [0.25, 0.3) is 5.69 Å². The van der Waals surface area contributed by atoms with E-state index in [1.807, 2.05) is 11.8 Å². The molecule has 8 heteroatoms. The van der Waals surface area contributed by atoms with E-state index >= 15 is 0 Å². The molecule has 0 aliphatic carbocycles. The molecule has 1 aromatic carbocycles. The molecule has 0 atom stereocenters. The molecule has 1 N–H and O–H groups in total. The van der Waals surface area contributed by atoms with Crippen LogP contribution in [0.25, 0.3) is 6.08 Å². The number of nitro groups is 1. The Balaban J connectivity index is 2.14. The number of hydrogen-bond acceptors (Lipinski definition) is 6. The number of carbonyl (C=O) groups is 2. The highest BCUT2D eigenvalue weighted by Gasteiger charge is 2.28. The van der Waals surface area contributed by atoms with Crippen molar-refractivity contribution in [3.8, 4) is 0 Å². The molecule has 1 aliphatic rings. The van der Waals surface area contributed by atoms with Crippen molar-refractivity contribution in [3.05, 3.63) is 40.0 Å². The van der Waals surface area contributed by atoms with Gasteiger partial charge in [-0.1, -0.05) is 6.07 Å². The van der Waals surface area contributed by atoms with Gasteiger partial charge >= 0.3 is 5.97 Å². The average Bonchev–Trinajstić information content (AvgIpc) is 2.66. The highest BCUT2D eigenvalue weighted by molar-refractivity contribution is 5.87. The van der Waals surface area contributed by atoms with E-state index in [2.05, 4.69) is 10.1 Å². The topological polar surface area (TPSA) is 102 Å². The zero-order valence-corrected chi connectivity index (χ0v) is 14.9. The second-order valence-electron chi connectivity index (χ2n) is 6.02. The lowest BCUT2D eigenvalue weighted by molar-refractivity contribution is -0.384. The minimum atomic E-state index is -0.524. The predicted octanol–water partition coefficient (Wildman–Crippen LogP) is 2.13. The first kappa shape index (κ1) is 19.4. The fraction of sp³-hybridized carbons (Fsp3) is 0.444. The molecule has 0 spiro atoms. The predicted molar refractivity (Wildman–Crippen MR) is 97.8 cm³/mol. The number of amides is 1. The van der Waals surface area contributed by atoms with Gasteiger partial charge in [0.05, 0.1) is 12.0 Å². The second-order valence-corrected chi connectivity index (χ2v) is 6.02. The van der Waals surface area contributed by atoms with Crippen LogP contribution in [0.4, 0.5) is 11.4 Å². The third-order valence-corrected chi connectivity index (χ3v) is 4.37. The number of esters is 1. The lowest BCUT2D eigenvalue weighted by Gasteiger charge is -2.32. The van der Waals surface area contributed by atoms with Crippen molar-refractivity contribution in [2.24, 2.45) is 5.92 Å². The van der Waals surface area contributed by atoms with Gasteiger partial charge in [-0.3, -0.25) is 14.9 Å². The normalized spacial score (nSPS) is 15.1. The van der Waals surface area contributed by atoms with Crippen molar-refractivity contribution in [1.29, 1.82) is 0 Å². The van der Waals surface area contributed by atoms with E-state index in [0.29, 0.717) is 43.7 Å².